The molecule has 116 valence electrons. The summed E-state index contributed by atoms with van der Waals surface area (Å²) in [7, 11) is 0. The molecule has 2 aromatic rings. The van der Waals surface area contributed by atoms with Crippen molar-refractivity contribution in [3.8, 4) is 5.75 Å². The average molecular weight is 366 g/mol. The quantitative estimate of drug-likeness (QED) is 0.759. The molecule has 0 radical (unpaired) electrons. The minimum absolute atomic E-state index is 0.276. The molecule has 1 aliphatic heterocycles. The molecule has 6 nitrogen and oxygen atoms in total. The molecular weight excluding hydrogens is 350 g/mol. The van der Waals surface area contributed by atoms with Gasteiger partial charge in [0, 0.05) is 16.1 Å². The Morgan fingerprint density at radius 3 is 2.82 bits per heavy atom. The number of aliphatic hydroxyl groups excluding tert-OH is 1. The molecule has 2 unspecified atom stereocenters. The van der Waals surface area contributed by atoms with Crippen molar-refractivity contribution < 1.29 is 9.84 Å². The Morgan fingerprint density at radius 2 is 2.14 bits per heavy atom. The summed E-state index contributed by atoms with van der Waals surface area (Å²) >= 11 is 3.43. The molecule has 3 rings (SSSR count). The topological polar surface area (TPSA) is 87.2 Å². The van der Waals surface area contributed by atoms with E-state index in [1.165, 1.54) is 6.07 Å². The van der Waals surface area contributed by atoms with E-state index in [2.05, 4.69) is 31.4 Å². The van der Waals surface area contributed by atoms with Crippen molar-refractivity contribution in [2.75, 3.05) is 5.32 Å². The fraction of sp³-hybridized carbons (Fsp3) is 0.333. The van der Waals surface area contributed by atoms with Crippen LogP contribution in [0.15, 0.2) is 39.6 Å². The minimum atomic E-state index is -0.789. The van der Waals surface area contributed by atoms with E-state index >= 15 is 0 Å². The van der Waals surface area contributed by atoms with Crippen LogP contribution in [0, 0.1) is 0 Å². The number of rotatable bonds is 2. The first kappa shape index (κ1) is 15.1. The first-order valence-electron chi connectivity index (χ1n) is 6.85. The molecule has 22 heavy (non-hydrogen) atoms. The summed E-state index contributed by atoms with van der Waals surface area (Å²) < 4.78 is 6.78. The number of nitrogens with zero attached hydrogens (tertiary/aromatic N) is 1. The summed E-state index contributed by atoms with van der Waals surface area (Å²) in [5.74, 6) is 1.19. The third-order valence-corrected chi connectivity index (χ3v) is 4.18. The summed E-state index contributed by atoms with van der Waals surface area (Å²) in [6.07, 6.45) is -0.789. The van der Waals surface area contributed by atoms with E-state index in [9.17, 15) is 9.90 Å². The highest BCUT2D eigenvalue weighted by molar-refractivity contribution is 9.10. The van der Waals surface area contributed by atoms with Gasteiger partial charge in [-0.05, 0) is 38.1 Å². The lowest BCUT2D eigenvalue weighted by Crippen LogP contribution is -2.50. The van der Waals surface area contributed by atoms with E-state index in [-0.39, 0.29) is 5.56 Å². The van der Waals surface area contributed by atoms with Crippen LogP contribution in [-0.2, 0) is 0 Å². The Bertz CT molecular complexity index is 739. The number of aromatic nitrogens is 2. The summed E-state index contributed by atoms with van der Waals surface area (Å²) in [5, 5.41) is 20.1. The minimum Gasteiger partial charge on any atom is -0.485 e. The van der Waals surface area contributed by atoms with Crippen molar-refractivity contribution in [3.05, 3.63) is 50.7 Å². The molecule has 0 aliphatic carbocycles. The fourth-order valence-corrected chi connectivity index (χ4v) is 2.89. The van der Waals surface area contributed by atoms with Crippen LogP contribution in [0.25, 0.3) is 0 Å². The molecular formula is C15H16BrN3O3. The zero-order valence-corrected chi connectivity index (χ0v) is 13.7. The fourth-order valence-electron chi connectivity index (χ4n) is 2.51. The molecule has 3 N–H and O–H groups in total. The molecule has 0 saturated heterocycles. The molecule has 0 fully saturated rings. The van der Waals surface area contributed by atoms with Crippen molar-refractivity contribution in [3.63, 3.8) is 0 Å². The SMILES string of the molecule is CC1(C)Oc2ccc(Br)cc2C(Nc2ccc(=O)[nH]n2)C1O. The lowest BCUT2D eigenvalue weighted by atomic mass is 9.86. The number of hydrogen-bond donors (Lipinski definition) is 3. The van der Waals surface area contributed by atoms with Gasteiger partial charge in [-0.2, -0.15) is 5.10 Å². The highest BCUT2D eigenvalue weighted by Crippen LogP contribution is 2.42. The van der Waals surface area contributed by atoms with Gasteiger partial charge in [0.25, 0.3) is 5.56 Å². The van der Waals surface area contributed by atoms with Crippen molar-refractivity contribution in [2.45, 2.75) is 31.6 Å². The summed E-state index contributed by atoms with van der Waals surface area (Å²) in [4.78, 5) is 11.1. The molecule has 1 aromatic heterocycles. The first-order valence-corrected chi connectivity index (χ1v) is 7.65. The van der Waals surface area contributed by atoms with Gasteiger partial charge >= 0.3 is 0 Å². The maximum atomic E-state index is 11.1. The largest absolute Gasteiger partial charge is 0.485 e. The maximum absolute atomic E-state index is 11.1. The Morgan fingerprint density at radius 1 is 1.36 bits per heavy atom. The zero-order valence-electron chi connectivity index (χ0n) is 12.1. The van der Waals surface area contributed by atoms with Crippen LogP contribution < -0.4 is 15.6 Å². The highest BCUT2D eigenvalue weighted by atomic mass is 79.9. The number of aliphatic hydroxyl groups is 1. The smallest absolute Gasteiger partial charge is 0.264 e. The lowest BCUT2D eigenvalue weighted by Gasteiger charge is -2.42. The normalized spacial score (nSPS) is 22.5. The summed E-state index contributed by atoms with van der Waals surface area (Å²) in [6.45, 7) is 3.66. The molecule has 1 aliphatic rings. The number of H-pyrrole nitrogens is 1. The second-order valence-corrected chi connectivity index (χ2v) is 6.68. The average Bonchev–Trinajstić information content (AvgIpc) is 2.47. The van der Waals surface area contributed by atoms with E-state index < -0.39 is 17.7 Å². The van der Waals surface area contributed by atoms with E-state index in [4.69, 9.17) is 4.74 Å². The van der Waals surface area contributed by atoms with E-state index in [1.807, 2.05) is 32.0 Å². The number of ether oxygens (including phenoxy) is 1. The lowest BCUT2D eigenvalue weighted by molar-refractivity contribution is -0.0533. The number of aromatic amines is 1. The van der Waals surface area contributed by atoms with Gasteiger partial charge in [0.05, 0.1) is 6.04 Å². The Kier molecular flexibility index (Phi) is 3.70. The predicted molar refractivity (Wildman–Crippen MR) is 86.1 cm³/mol. The Balaban J connectivity index is 2.02. The van der Waals surface area contributed by atoms with Crippen LogP contribution in [0.5, 0.6) is 5.75 Å². The van der Waals surface area contributed by atoms with E-state index in [0.717, 1.165) is 10.0 Å². The van der Waals surface area contributed by atoms with Gasteiger partial charge in [-0.25, -0.2) is 5.10 Å². The van der Waals surface area contributed by atoms with Gasteiger partial charge in [0.15, 0.2) is 0 Å². The van der Waals surface area contributed by atoms with Gasteiger partial charge < -0.3 is 15.2 Å². The number of benzene rings is 1. The Labute approximate surface area is 135 Å². The molecule has 2 heterocycles. The van der Waals surface area contributed by atoms with Crippen LogP contribution in [0.3, 0.4) is 0 Å². The second kappa shape index (κ2) is 5.40. The van der Waals surface area contributed by atoms with Gasteiger partial charge in [-0.1, -0.05) is 15.9 Å². The molecule has 1 aromatic carbocycles. The van der Waals surface area contributed by atoms with Crippen molar-refractivity contribution >= 4 is 21.7 Å². The molecule has 2 atom stereocenters. The van der Waals surface area contributed by atoms with Gasteiger partial charge in [-0.15, -0.1) is 0 Å². The number of anilines is 1. The van der Waals surface area contributed by atoms with Crippen molar-refractivity contribution in [2.24, 2.45) is 0 Å². The summed E-state index contributed by atoms with van der Waals surface area (Å²) in [5.41, 5.74) is -0.198. The van der Waals surface area contributed by atoms with E-state index in [0.29, 0.717) is 11.6 Å². The molecule has 0 amide bonds. The van der Waals surface area contributed by atoms with Crippen molar-refractivity contribution in [1.82, 2.24) is 10.2 Å². The molecule has 0 saturated carbocycles. The number of nitrogens with one attached hydrogen (secondary N) is 2. The van der Waals surface area contributed by atoms with Crippen LogP contribution in [0.1, 0.15) is 25.5 Å². The molecule has 0 bridgehead atoms. The number of halogens is 1. The summed E-state index contributed by atoms with van der Waals surface area (Å²) in [6, 6.07) is 8.20. The van der Waals surface area contributed by atoms with Crippen LogP contribution in [0.4, 0.5) is 5.82 Å². The first-order chi connectivity index (χ1) is 10.4. The number of hydrogen-bond acceptors (Lipinski definition) is 5. The molecule has 0 spiro atoms. The monoisotopic (exact) mass is 365 g/mol. The number of fused-ring (bicyclic) bond motifs is 1. The maximum Gasteiger partial charge on any atom is 0.264 e. The standard InChI is InChI=1S/C15H16BrN3O3/c1-15(2)14(21)13(17-11-5-6-12(20)19-18-11)9-7-8(16)3-4-10(9)22-15/h3-7,13-14,21H,1-2H3,(H,17,18)(H,19,20). The van der Waals surface area contributed by atoms with Gasteiger partial charge in [-0.3, -0.25) is 4.79 Å². The Hall–Kier alpha value is -1.86. The second-order valence-electron chi connectivity index (χ2n) is 5.76. The van der Waals surface area contributed by atoms with Gasteiger partial charge in [0.1, 0.15) is 23.3 Å². The zero-order chi connectivity index (χ0) is 15.9. The third kappa shape index (κ3) is 2.74. The highest BCUT2D eigenvalue weighted by Gasteiger charge is 2.43. The predicted octanol–water partition coefficient (Wildman–Crippen LogP) is 2.22. The van der Waals surface area contributed by atoms with Crippen LogP contribution in [-0.4, -0.2) is 27.0 Å². The van der Waals surface area contributed by atoms with E-state index in [1.54, 1.807) is 6.07 Å². The van der Waals surface area contributed by atoms with Crippen molar-refractivity contribution in [1.29, 1.82) is 0 Å². The van der Waals surface area contributed by atoms with Crippen LogP contribution in [0.2, 0.25) is 0 Å². The molecule has 7 heteroatoms. The third-order valence-electron chi connectivity index (χ3n) is 3.69. The van der Waals surface area contributed by atoms with Crippen LogP contribution >= 0.6 is 15.9 Å². The van der Waals surface area contributed by atoms with Gasteiger partial charge in [0.2, 0.25) is 0 Å².